The van der Waals surface area contributed by atoms with Crippen LogP contribution in [0.1, 0.15) is 30.9 Å². The van der Waals surface area contributed by atoms with Gasteiger partial charge in [0.2, 0.25) is 0 Å². The Balaban J connectivity index is 1.88. The summed E-state index contributed by atoms with van der Waals surface area (Å²) in [6, 6.07) is 13.1. The molecule has 0 unspecified atom stereocenters. The van der Waals surface area contributed by atoms with Gasteiger partial charge in [0.15, 0.2) is 18.1 Å². The van der Waals surface area contributed by atoms with Crippen LogP contribution in [-0.2, 0) is 4.79 Å². The molecular formula is C20H24N2O4. The third-order valence-electron chi connectivity index (χ3n) is 3.74. The molecule has 0 heterocycles. The smallest absolute Gasteiger partial charge is 0.277 e. The largest absolute Gasteiger partial charge is 0.493 e. The highest BCUT2D eigenvalue weighted by Crippen LogP contribution is 2.29. The van der Waals surface area contributed by atoms with Crippen molar-refractivity contribution < 1.29 is 19.0 Å². The highest BCUT2D eigenvalue weighted by molar-refractivity contribution is 5.86. The van der Waals surface area contributed by atoms with E-state index >= 15 is 0 Å². The highest BCUT2D eigenvalue weighted by Gasteiger charge is 2.08. The Hall–Kier alpha value is -3.02. The number of para-hydroxylation sites is 1. The van der Waals surface area contributed by atoms with Crippen LogP contribution in [0.5, 0.6) is 17.2 Å². The number of methoxy groups -OCH3 is 2. The SMILES string of the molecule is COc1cccc(C=NNC(=O)COc2ccc(C(C)C)cc2)c1OC. The minimum Gasteiger partial charge on any atom is -0.493 e. The molecule has 2 aromatic rings. The number of carbonyl (C=O) groups is 1. The van der Waals surface area contributed by atoms with Crippen molar-refractivity contribution in [2.75, 3.05) is 20.8 Å². The maximum Gasteiger partial charge on any atom is 0.277 e. The van der Waals surface area contributed by atoms with Crippen molar-refractivity contribution in [2.24, 2.45) is 5.10 Å². The van der Waals surface area contributed by atoms with Crippen LogP contribution in [0.2, 0.25) is 0 Å². The Morgan fingerprint density at radius 2 is 1.85 bits per heavy atom. The number of carbonyl (C=O) groups excluding carboxylic acids is 1. The Morgan fingerprint density at radius 3 is 2.46 bits per heavy atom. The first kappa shape index (κ1) is 19.3. The first-order valence-electron chi connectivity index (χ1n) is 8.30. The molecule has 0 spiro atoms. The van der Waals surface area contributed by atoms with Gasteiger partial charge in [-0.05, 0) is 35.7 Å². The fourth-order valence-electron chi connectivity index (χ4n) is 2.32. The summed E-state index contributed by atoms with van der Waals surface area (Å²) in [6.07, 6.45) is 1.50. The normalized spacial score (nSPS) is 10.8. The van der Waals surface area contributed by atoms with E-state index in [1.807, 2.05) is 36.4 Å². The minimum atomic E-state index is -0.351. The summed E-state index contributed by atoms with van der Waals surface area (Å²) in [4.78, 5) is 11.9. The van der Waals surface area contributed by atoms with Gasteiger partial charge in [-0.25, -0.2) is 5.43 Å². The number of ether oxygens (including phenoxy) is 3. The summed E-state index contributed by atoms with van der Waals surface area (Å²) in [5.41, 5.74) is 4.34. The topological polar surface area (TPSA) is 69.2 Å². The number of benzene rings is 2. The van der Waals surface area contributed by atoms with Gasteiger partial charge >= 0.3 is 0 Å². The number of amides is 1. The molecule has 6 nitrogen and oxygen atoms in total. The van der Waals surface area contributed by atoms with E-state index in [-0.39, 0.29) is 12.5 Å². The first-order valence-corrected chi connectivity index (χ1v) is 8.30. The van der Waals surface area contributed by atoms with Gasteiger partial charge < -0.3 is 14.2 Å². The zero-order valence-corrected chi connectivity index (χ0v) is 15.5. The molecule has 138 valence electrons. The van der Waals surface area contributed by atoms with E-state index < -0.39 is 0 Å². The van der Waals surface area contributed by atoms with E-state index in [9.17, 15) is 4.79 Å². The molecule has 0 saturated carbocycles. The van der Waals surface area contributed by atoms with E-state index in [1.165, 1.54) is 11.8 Å². The Morgan fingerprint density at radius 1 is 1.12 bits per heavy atom. The maximum absolute atomic E-state index is 11.9. The summed E-state index contributed by atoms with van der Waals surface area (Å²) >= 11 is 0. The second kappa shape index (κ2) is 9.46. The van der Waals surface area contributed by atoms with Crippen LogP contribution in [0, 0.1) is 0 Å². The summed E-state index contributed by atoms with van der Waals surface area (Å²) < 4.78 is 16.0. The van der Waals surface area contributed by atoms with Gasteiger partial charge in [0.1, 0.15) is 5.75 Å². The zero-order chi connectivity index (χ0) is 18.9. The van der Waals surface area contributed by atoms with Crippen molar-refractivity contribution in [2.45, 2.75) is 19.8 Å². The fraction of sp³-hybridized carbons (Fsp3) is 0.300. The molecule has 0 atom stereocenters. The van der Waals surface area contributed by atoms with Crippen molar-refractivity contribution in [1.82, 2.24) is 5.43 Å². The molecule has 1 amide bonds. The molecule has 0 saturated heterocycles. The molecule has 0 bridgehead atoms. The molecule has 0 aliphatic heterocycles. The van der Waals surface area contributed by atoms with E-state index in [4.69, 9.17) is 14.2 Å². The molecule has 2 rings (SSSR count). The zero-order valence-electron chi connectivity index (χ0n) is 15.5. The predicted octanol–water partition coefficient (Wildman–Crippen LogP) is 3.36. The van der Waals surface area contributed by atoms with E-state index in [0.717, 1.165) is 0 Å². The van der Waals surface area contributed by atoms with Crippen molar-refractivity contribution in [3.8, 4) is 17.2 Å². The monoisotopic (exact) mass is 356 g/mol. The fourth-order valence-corrected chi connectivity index (χ4v) is 2.32. The van der Waals surface area contributed by atoms with Crippen molar-refractivity contribution in [3.05, 3.63) is 53.6 Å². The van der Waals surface area contributed by atoms with Gasteiger partial charge in [-0.3, -0.25) is 4.79 Å². The van der Waals surface area contributed by atoms with Crippen molar-refractivity contribution >= 4 is 12.1 Å². The third-order valence-corrected chi connectivity index (χ3v) is 3.74. The van der Waals surface area contributed by atoms with Crippen molar-refractivity contribution in [1.29, 1.82) is 0 Å². The van der Waals surface area contributed by atoms with E-state index in [0.29, 0.717) is 28.7 Å². The Bertz CT molecular complexity index is 755. The first-order chi connectivity index (χ1) is 12.5. The van der Waals surface area contributed by atoms with Gasteiger partial charge in [-0.2, -0.15) is 5.10 Å². The van der Waals surface area contributed by atoms with Crippen LogP contribution in [0.25, 0.3) is 0 Å². The molecular weight excluding hydrogens is 332 g/mol. The van der Waals surface area contributed by atoms with Crippen LogP contribution in [0.3, 0.4) is 0 Å². The lowest BCUT2D eigenvalue weighted by Crippen LogP contribution is -2.24. The van der Waals surface area contributed by atoms with Crippen molar-refractivity contribution in [3.63, 3.8) is 0 Å². The molecule has 0 aliphatic rings. The summed E-state index contributed by atoms with van der Waals surface area (Å²) in [6.45, 7) is 4.13. The highest BCUT2D eigenvalue weighted by atomic mass is 16.5. The Kier molecular flexibility index (Phi) is 7.02. The quantitative estimate of drug-likeness (QED) is 0.582. The average Bonchev–Trinajstić information content (AvgIpc) is 2.66. The van der Waals surface area contributed by atoms with Crippen LogP contribution < -0.4 is 19.6 Å². The summed E-state index contributed by atoms with van der Waals surface area (Å²) in [5.74, 6) is 1.89. The number of nitrogens with one attached hydrogen (secondary N) is 1. The number of nitrogens with zero attached hydrogens (tertiary/aromatic N) is 1. The number of rotatable bonds is 8. The summed E-state index contributed by atoms with van der Waals surface area (Å²) in [7, 11) is 3.11. The molecule has 0 fully saturated rings. The van der Waals surface area contributed by atoms with Crippen LogP contribution in [0.15, 0.2) is 47.6 Å². The number of hydrogen-bond acceptors (Lipinski definition) is 5. The molecule has 0 radical (unpaired) electrons. The van der Waals surface area contributed by atoms with Gasteiger partial charge in [-0.15, -0.1) is 0 Å². The van der Waals surface area contributed by atoms with Gasteiger partial charge in [0, 0.05) is 5.56 Å². The molecule has 26 heavy (non-hydrogen) atoms. The summed E-state index contributed by atoms with van der Waals surface area (Å²) in [5, 5.41) is 3.94. The average molecular weight is 356 g/mol. The molecule has 1 N–H and O–H groups in total. The maximum atomic E-state index is 11.9. The number of hydrazone groups is 1. The predicted molar refractivity (Wildman–Crippen MR) is 101 cm³/mol. The second-order valence-corrected chi connectivity index (χ2v) is 5.89. The van der Waals surface area contributed by atoms with E-state index in [1.54, 1.807) is 20.3 Å². The number of hydrogen-bond donors (Lipinski definition) is 1. The van der Waals surface area contributed by atoms with Crippen LogP contribution in [-0.4, -0.2) is 32.9 Å². The molecule has 6 heteroatoms. The van der Waals surface area contributed by atoms with Gasteiger partial charge in [-0.1, -0.05) is 32.0 Å². The second-order valence-electron chi connectivity index (χ2n) is 5.89. The van der Waals surface area contributed by atoms with E-state index in [2.05, 4.69) is 24.4 Å². The minimum absolute atomic E-state index is 0.117. The molecule has 0 aliphatic carbocycles. The van der Waals surface area contributed by atoms with Gasteiger partial charge in [0.05, 0.1) is 20.4 Å². The lowest BCUT2D eigenvalue weighted by atomic mass is 10.0. The Labute approximate surface area is 153 Å². The molecule has 2 aromatic carbocycles. The standard InChI is InChI=1S/C20H24N2O4/c1-14(2)15-8-10-17(11-9-15)26-13-19(23)22-21-12-16-6-5-7-18(24-3)20(16)25-4/h5-12,14H,13H2,1-4H3,(H,22,23). The van der Waals surface area contributed by atoms with Crippen LogP contribution >= 0.6 is 0 Å². The van der Waals surface area contributed by atoms with Crippen LogP contribution in [0.4, 0.5) is 0 Å². The van der Waals surface area contributed by atoms with Gasteiger partial charge in [0.25, 0.3) is 5.91 Å². The third kappa shape index (κ3) is 5.24. The molecule has 0 aromatic heterocycles. The lowest BCUT2D eigenvalue weighted by molar-refractivity contribution is -0.123. The lowest BCUT2D eigenvalue weighted by Gasteiger charge is -2.09.